The van der Waals surface area contributed by atoms with Crippen molar-refractivity contribution in [3.8, 4) is 0 Å². The third-order valence-corrected chi connectivity index (χ3v) is 4.73. The number of nitro groups is 1. The van der Waals surface area contributed by atoms with Crippen molar-refractivity contribution in [1.82, 2.24) is 4.98 Å². The van der Waals surface area contributed by atoms with Gasteiger partial charge in [-0.05, 0) is 43.9 Å². The number of fused-ring (bicyclic) bond motifs is 1. The molecule has 1 aliphatic rings. The van der Waals surface area contributed by atoms with E-state index in [9.17, 15) is 10.1 Å². The third kappa shape index (κ3) is 2.51. The lowest BCUT2D eigenvalue weighted by Gasteiger charge is -2.05. The predicted molar refractivity (Wildman–Crippen MR) is 79.3 cm³/mol. The van der Waals surface area contributed by atoms with Crippen molar-refractivity contribution in [3.63, 3.8) is 0 Å². The van der Waals surface area contributed by atoms with Crippen molar-refractivity contribution in [1.29, 1.82) is 0 Å². The molecule has 1 N–H and O–H groups in total. The molecule has 6 heteroatoms. The van der Waals surface area contributed by atoms with Gasteiger partial charge >= 0.3 is 0 Å². The summed E-state index contributed by atoms with van der Waals surface area (Å²) in [6.07, 6.45) is 3.67. The molecule has 0 atom stereocenters. The van der Waals surface area contributed by atoms with Gasteiger partial charge in [0.2, 0.25) is 0 Å². The number of aryl methyl sites for hydroxylation is 3. The molecular weight excluding hydrogens is 274 g/mol. The summed E-state index contributed by atoms with van der Waals surface area (Å²) in [6.45, 7) is 2.38. The lowest BCUT2D eigenvalue weighted by molar-refractivity contribution is -0.385. The van der Waals surface area contributed by atoms with Crippen LogP contribution >= 0.6 is 11.3 Å². The smallest absolute Gasteiger partial charge is 0.290 e. The van der Waals surface area contributed by atoms with E-state index in [1.165, 1.54) is 40.6 Å². The van der Waals surface area contributed by atoms with Crippen LogP contribution in [-0.4, -0.2) is 9.91 Å². The minimum Gasteiger partial charge on any atom is -0.365 e. The van der Waals surface area contributed by atoms with E-state index in [1.807, 2.05) is 11.3 Å². The molecular formula is C14H15N3O2S. The molecule has 2 aromatic rings. The fourth-order valence-electron chi connectivity index (χ4n) is 2.50. The molecule has 0 unspecified atom stereocenters. The van der Waals surface area contributed by atoms with Crippen molar-refractivity contribution in [2.75, 3.05) is 5.32 Å². The van der Waals surface area contributed by atoms with Gasteiger partial charge in [0.25, 0.3) is 5.69 Å². The molecule has 0 aromatic carbocycles. The van der Waals surface area contributed by atoms with Gasteiger partial charge in [-0.3, -0.25) is 10.1 Å². The lowest BCUT2D eigenvalue weighted by Crippen LogP contribution is -2.02. The molecule has 0 fully saturated rings. The van der Waals surface area contributed by atoms with Crippen LogP contribution < -0.4 is 5.32 Å². The standard InChI is InChI=1S/C14H15N3O2S/c1-9-12(17(18)19)5-6-14(16-9)15-8-11-7-10-3-2-4-13(10)20-11/h5-7H,2-4,8H2,1H3,(H,15,16). The molecule has 1 aliphatic carbocycles. The number of thiophene rings is 1. The van der Waals surface area contributed by atoms with Gasteiger partial charge in [0.15, 0.2) is 0 Å². The van der Waals surface area contributed by atoms with E-state index in [2.05, 4.69) is 16.4 Å². The molecule has 0 saturated heterocycles. The van der Waals surface area contributed by atoms with E-state index in [0.717, 1.165) is 6.54 Å². The van der Waals surface area contributed by atoms with Crippen LogP contribution in [0.15, 0.2) is 18.2 Å². The number of nitrogens with one attached hydrogen (secondary N) is 1. The molecule has 20 heavy (non-hydrogen) atoms. The third-order valence-electron chi connectivity index (χ3n) is 3.50. The van der Waals surface area contributed by atoms with E-state index < -0.39 is 4.92 Å². The quantitative estimate of drug-likeness (QED) is 0.691. The van der Waals surface area contributed by atoms with Crippen molar-refractivity contribution in [3.05, 3.63) is 49.3 Å². The fourth-order valence-corrected chi connectivity index (χ4v) is 3.70. The Kier molecular flexibility index (Phi) is 3.40. The van der Waals surface area contributed by atoms with Crippen LogP contribution in [0, 0.1) is 17.0 Å². The maximum Gasteiger partial charge on any atom is 0.290 e. The Morgan fingerprint density at radius 2 is 2.30 bits per heavy atom. The van der Waals surface area contributed by atoms with Crippen molar-refractivity contribution >= 4 is 22.8 Å². The summed E-state index contributed by atoms with van der Waals surface area (Å²) in [5, 5.41) is 14.0. The Morgan fingerprint density at radius 1 is 1.45 bits per heavy atom. The summed E-state index contributed by atoms with van der Waals surface area (Å²) in [6, 6.07) is 5.42. The Labute approximate surface area is 120 Å². The highest BCUT2D eigenvalue weighted by atomic mass is 32.1. The molecule has 0 bridgehead atoms. The molecule has 5 nitrogen and oxygen atoms in total. The normalized spacial score (nSPS) is 13.2. The molecule has 2 aromatic heterocycles. The summed E-state index contributed by atoms with van der Waals surface area (Å²) in [5.41, 5.74) is 1.99. The number of aromatic nitrogens is 1. The maximum absolute atomic E-state index is 10.7. The summed E-state index contributed by atoms with van der Waals surface area (Å²) < 4.78 is 0. The van der Waals surface area contributed by atoms with Gasteiger partial charge in [0.05, 0.1) is 11.5 Å². The molecule has 0 saturated carbocycles. The van der Waals surface area contributed by atoms with Crippen LogP contribution in [0.5, 0.6) is 0 Å². The van der Waals surface area contributed by atoms with Crippen LogP contribution in [0.25, 0.3) is 0 Å². The molecule has 0 radical (unpaired) electrons. The van der Waals surface area contributed by atoms with Gasteiger partial charge in [-0.1, -0.05) is 0 Å². The Hall–Kier alpha value is -1.95. The number of pyridine rings is 1. The van der Waals surface area contributed by atoms with E-state index in [1.54, 1.807) is 13.0 Å². The maximum atomic E-state index is 10.7. The van der Waals surface area contributed by atoms with Gasteiger partial charge in [-0.15, -0.1) is 11.3 Å². The first-order chi connectivity index (χ1) is 9.63. The first-order valence-electron chi connectivity index (χ1n) is 6.60. The zero-order valence-corrected chi connectivity index (χ0v) is 12.0. The number of hydrogen-bond acceptors (Lipinski definition) is 5. The second-order valence-electron chi connectivity index (χ2n) is 4.93. The predicted octanol–water partition coefficient (Wildman–Crippen LogP) is 3.46. The van der Waals surface area contributed by atoms with Crippen LogP contribution in [0.4, 0.5) is 11.5 Å². The fraction of sp³-hybridized carbons (Fsp3) is 0.357. The first-order valence-corrected chi connectivity index (χ1v) is 7.41. The average molecular weight is 289 g/mol. The number of nitrogens with zero attached hydrogens (tertiary/aromatic N) is 2. The molecule has 104 valence electrons. The summed E-state index contributed by atoms with van der Waals surface area (Å²) in [5.74, 6) is 0.682. The van der Waals surface area contributed by atoms with Crippen molar-refractivity contribution in [2.45, 2.75) is 32.7 Å². The van der Waals surface area contributed by atoms with Gasteiger partial charge in [-0.2, -0.15) is 0 Å². The van der Waals surface area contributed by atoms with Gasteiger partial charge in [-0.25, -0.2) is 4.98 Å². The second-order valence-corrected chi connectivity index (χ2v) is 6.15. The van der Waals surface area contributed by atoms with Crippen LogP contribution in [-0.2, 0) is 19.4 Å². The highest BCUT2D eigenvalue weighted by Gasteiger charge is 2.15. The van der Waals surface area contributed by atoms with Crippen LogP contribution in [0.1, 0.15) is 27.4 Å². The molecule has 2 heterocycles. The highest BCUT2D eigenvalue weighted by molar-refractivity contribution is 7.12. The van der Waals surface area contributed by atoms with Gasteiger partial charge < -0.3 is 5.32 Å². The topological polar surface area (TPSA) is 68.1 Å². The van der Waals surface area contributed by atoms with E-state index in [0.29, 0.717) is 11.5 Å². The monoisotopic (exact) mass is 289 g/mol. The minimum atomic E-state index is -0.407. The molecule has 0 aliphatic heterocycles. The Balaban J connectivity index is 1.68. The number of hydrogen-bond donors (Lipinski definition) is 1. The largest absolute Gasteiger partial charge is 0.365 e. The first kappa shape index (κ1) is 13.1. The summed E-state index contributed by atoms with van der Waals surface area (Å²) >= 11 is 1.85. The van der Waals surface area contributed by atoms with Crippen LogP contribution in [0.2, 0.25) is 0 Å². The summed E-state index contributed by atoms with van der Waals surface area (Å²) in [4.78, 5) is 17.4. The SMILES string of the molecule is Cc1nc(NCc2cc3c(s2)CCC3)ccc1[N+](=O)[O-]. The zero-order valence-electron chi connectivity index (χ0n) is 11.2. The second kappa shape index (κ2) is 5.20. The lowest BCUT2D eigenvalue weighted by atomic mass is 10.2. The Morgan fingerprint density at radius 3 is 3.00 bits per heavy atom. The van der Waals surface area contributed by atoms with E-state index in [4.69, 9.17) is 0 Å². The van der Waals surface area contributed by atoms with Crippen molar-refractivity contribution in [2.24, 2.45) is 0 Å². The summed E-state index contributed by atoms with van der Waals surface area (Å²) in [7, 11) is 0. The van der Waals surface area contributed by atoms with Gasteiger partial charge in [0, 0.05) is 15.8 Å². The van der Waals surface area contributed by atoms with Crippen molar-refractivity contribution < 1.29 is 4.92 Å². The zero-order chi connectivity index (χ0) is 14.1. The molecule has 3 rings (SSSR count). The molecule has 0 spiro atoms. The van der Waals surface area contributed by atoms with Crippen LogP contribution in [0.3, 0.4) is 0 Å². The highest BCUT2D eigenvalue weighted by Crippen LogP contribution is 2.31. The van der Waals surface area contributed by atoms with Gasteiger partial charge in [0.1, 0.15) is 11.5 Å². The minimum absolute atomic E-state index is 0.0608. The molecule has 0 amide bonds. The average Bonchev–Trinajstić information content (AvgIpc) is 2.96. The number of anilines is 1. The Bertz CT molecular complexity index is 645. The van der Waals surface area contributed by atoms with E-state index >= 15 is 0 Å². The number of rotatable bonds is 4. The van der Waals surface area contributed by atoms with E-state index in [-0.39, 0.29) is 5.69 Å².